The Bertz CT molecular complexity index is 1230. The van der Waals surface area contributed by atoms with Gasteiger partial charge in [0.05, 0.1) is 0 Å². The molecule has 0 saturated heterocycles. The molecular weight excluding hydrogens is 838 g/mol. The monoisotopic (exact) mass is 900 g/mol. The standard InChI is InChI=1S/C24H22O3Si2.4C4H9.H2O.2Sn/c25-28(21-13-5-1-6-14-21,22-15-7-2-8-16-22)27-29(26,23-17-9-3-10-18-23)24-19-11-4-12-20-24;4*1-4(2)3;;;/h1-20,25-26H;4*1-3H3;1H2;;. The van der Waals surface area contributed by atoms with Gasteiger partial charge in [0.25, 0.3) is 0 Å². The summed E-state index contributed by atoms with van der Waals surface area (Å²) in [7, 11) is -7.38. The van der Waals surface area contributed by atoms with Crippen molar-refractivity contribution in [3.05, 3.63) is 121 Å². The molecule has 0 aromatic heterocycles. The number of rotatable bonds is 6. The van der Waals surface area contributed by atoms with E-state index in [1.165, 1.54) is 0 Å². The quantitative estimate of drug-likeness (QED) is 0.206. The fourth-order valence-electron chi connectivity index (χ4n) is 5.69. The molecule has 4 nitrogen and oxygen atoms in total. The molecule has 0 heterocycles. The van der Waals surface area contributed by atoms with E-state index < -0.39 is 17.1 Å². The second-order valence-electron chi connectivity index (χ2n) is 16.1. The van der Waals surface area contributed by atoms with E-state index in [0.717, 1.165) is 0 Å². The van der Waals surface area contributed by atoms with Gasteiger partial charge >= 0.3 is 156 Å². The molecule has 0 amide bonds. The van der Waals surface area contributed by atoms with Gasteiger partial charge < -0.3 is 19.2 Å². The Kier molecular flexibility index (Phi) is 17.6. The maximum atomic E-state index is 12.0. The van der Waals surface area contributed by atoms with Crippen LogP contribution >= 0.6 is 0 Å². The average Bonchev–Trinajstić information content (AvgIpc) is 2.96. The van der Waals surface area contributed by atoms with Gasteiger partial charge in [-0.3, -0.25) is 0 Å². The summed E-state index contributed by atoms with van der Waals surface area (Å²) < 4.78 is 9.18. The van der Waals surface area contributed by atoms with E-state index >= 15 is 0 Å². The summed E-state index contributed by atoms with van der Waals surface area (Å²) in [5, 5.41) is 2.79. The molecule has 0 aliphatic heterocycles. The van der Waals surface area contributed by atoms with Crippen molar-refractivity contribution in [3.63, 3.8) is 0 Å². The van der Waals surface area contributed by atoms with E-state index in [-0.39, 0.29) is 47.8 Å². The predicted octanol–water partition coefficient (Wildman–Crippen LogP) is 6.93. The normalized spacial score (nSPS) is 12.5. The minimum absolute atomic E-state index is 0. The largest absolute Gasteiger partial charge is 0.412 e. The SMILES string of the molecule is C[C](C)(C)[Sn][C](C)(C)C.C[C](C)(C)[Sn][C](C)(C)C.O.O[Si](O[Si](O)(c1ccccc1)c1ccccc1)(c1ccccc1)c1ccccc1. The van der Waals surface area contributed by atoms with Crippen LogP contribution in [-0.4, -0.2) is 74.5 Å². The minimum Gasteiger partial charge on any atom is -0.412 e. The Morgan fingerprint density at radius 3 is 0.667 bits per heavy atom. The molecule has 0 spiro atoms. The first kappa shape index (κ1) is 44.8. The second-order valence-corrected chi connectivity index (χ2v) is 40.4. The minimum atomic E-state index is -3.69. The van der Waals surface area contributed by atoms with Crippen molar-refractivity contribution in [1.82, 2.24) is 0 Å². The third-order valence-electron chi connectivity index (χ3n) is 6.46. The van der Waals surface area contributed by atoms with Gasteiger partial charge in [-0.05, 0) is 20.7 Å². The molecule has 0 fully saturated rings. The van der Waals surface area contributed by atoms with Crippen molar-refractivity contribution in [2.75, 3.05) is 0 Å². The first-order chi connectivity index (χ1) is 21.5. The van der Waals surface area contributed by atoms with Crippen LogP contribution in [0.3, 0.4) is 0 Å². The molecular formula is C40H60O4Si2Sn2. The van der Waals surface area contributed by atoms with Gasteiger partial charge in [-0.25, -0.2) is 0 Å². The number of hydrogen-bond acceptors (Lipinski definition) is 3. The van der Waals surface area contributed by atoms with Gasteiger partial charge in [-0.1, -0.05) is 121 Å². The molecule has 260 valence electrons. The Balaban J connectivity index is 0.000000503. The van der Waals surface area contributed by atoms with Crippen LogP contribution in [0, 0.1) is 0 Å². The van der Waals surface area contributed by atoms with Crippen LogP contribution < -0.4 is 20.7 Å². The van der Waals surface area contributed by atoms with Gasteiger partial charge in [0, 0.05) is 0 Å². The predicted molar refractivity (Wildman–Crippen MR) is 215 cm³/mol. The second kappa shape index (κ2) is 18.8. The van der Waals surface area contributed by atoms with Crippen LogP contribution in [0.25, 0.3) is 0 Å². The molecule has 0 unspecified atom stereocenters. The average molecular weight is 899 g/mol. The van der Waals surface area contributed by atoms with Gasteiger partial charge in [-0.15, -0.1) is 0 Å². The van der Waals surface area contributed by atoms with Crippen molar-refractivity contribution in [2.45, 2.75) is 96.8 Å². The molecule has 0 aliphatic carbocycles. The molecule has 0 atom stereocenters. The maximum Gasteiger partial charge on any atom is 0.396 e. The Morgan fingerprint density at radius 1 is 0.375 bits per heavy atom. The first-order valence-electron chi connectivity index (χ1n) is 16.5. The van der Waals surface area contributed by atoms with E-state index in [1.807, 2.05) is 121 Å². The van der Waals surface area contributed by atoms with Crippen LogP contribution in [0.1, 0.15) is 83.1 Å². The molecule has 8 heteroatoms. The molecule has 0 saturated carbocycles. The maximum absolute atomic E-state index is 12.0. The van der Waals surface area contributed by atoms with Crippen LogP contribution in [0.4, 0.5) is 0 Å². The van der Waals surface area contributed by atoms with E-state index in [1.54, 1.807) is 0 Å². The number of hydrogen-bond donors (Lipinski definition) is 2. The van der Waals surface area contributed by atoms with E-state index in [2.05, 4.69) is 83.1 Å². The van der Waals surface area contributed by atoms with Crippen molar-refractivity contribution >= 4 is 80.2 Å². The molecule has 4 aromatic carbocycles. The van der Waals surface area contributed by atoms with E-state index in [9.17, 15) is 9.59 Å². The van der Waals surface area contributed by atoms with Gasteiger partial charge in [0.15, 0.2) is 0 Å². The summed E-state index contributed by atoms with van der Waals surface area (Å²) in [6, 6.07) is 37.6. The summed E-state index contributed by atoms with van der Waals surface area (Å²) in [4.78, 5) is 24.0. The van der Waals surface area contributed by atoms with Crippen LogP contribution in [0.2, 0.25) is 13.7 Å². The zero-order valence-electron chi connectivity index (χ0n) is 31.3. The Hall–Kier alpha value is -1.25. The fraction of sp³-hybridized carbons (Fsp3) is 0.400. The fourth-order valence-corrected chi connectivity index (χ4v) is 25.4. The van der Waals surface area contributed by atoms with Gasteiger partial charge in [0.1, 0.15) is 0 Å². The van der Waals surface area contributed by atoms with Crippen molar-refractivity contribution in [2.24, 2.45) is 0 Å². The van der Waals surface area contributed by atoms with Gasteiger partial charge in [0.2, 0.25) is 0 Å². The molecule has 4 radical (unpaired) electrons. The molecule has 0 aliphatic rings. The third-order valence-corrected chi connectivity index (χ3v) is 21.8. The van der Waals surface area contributed by atoms with Crippen LogP contribution in [-0.2, 0) is 4.12 Å². The van der Waals surface area contributed by atoms with Crippen molar-refractivity contribution in [3.8, 4) is 0 Å². The zero-order chi connectivity index (χ0) is 35.6. The smallest absolute Gasteiger partial charge is 0.396 e. The first-order valence-corrected chi connectivity index (χ1v) is 25.9. The van der Waals surface area contributed by atoms with Crippen molar-refractivity contribution in [1.29, 1.82) is 0 Å². The van der Waals surface area contributed by atoms with Crippen LogP contribution in [0.15, 0.2) is 121 Å². The summed E-state index contributed by atoms with van der Waals surface area (Å²) in [6.45, 7) is 28.4. The number of benzene rings is 4. The molecule has 4 rings (SSSR count). The molecule has 48 heavy (non-hydrogen) atoms. The van der Waals surface area contributed by atoms with E-state index in [0.29, 0.717) is 34.5 Å². The van der Waals surface area contributed by atoms with Gasteiger partial charge in [-0.2, -0.15) is 0 Å². The Labute approximate surface area is 315 Å². The summed E-state index contributed by atoms with van der Waals surface area (Å²) in [5.74, 6) is 0. The van der Waals surface area contributed by atoms with Crippen LogP contribution in [0.5, 0.6) is 0 Å². The topological polar surface area (TPSA) is 81.2 Å². The summed E-state index contributed by atoms with van der Waals surface area (Å²) >= 11 is -0.363. The molecule has 4 aromatic rings. The van der Waals surface area contributed by atoms with E-state index in [4.69, 9.17) is 4.12 Å². The molecule has 4 N–H and O–H groups in total. The third kappa shape index (κ3) is 16.2. The summed E-state index contributed by atoms with van der Waals surface area (Å²) in [5.41, 5.74) is 0. The zero-order valence-corrected chi connectivity index (χ0v) is 39.1. The van der Waals surface area contributed by atoms with Crippen molar-refractivity contribution < 1.29 is 19.2 Å². The summed E-state index contributed by atoms with van der Waals surface area (Å²) in [6.07, 6.45) is 0. The Morgan fingerprint density at radius 2 is 0.542 bits per heavy atom. The molecule has 0 bridgehead atoms.